The number of nitrogens with one attached hydrogen (secondary N) is 1. The normalized spacial score (nSPS) is 10.2. The van der Waals surface area contributed by atoms with Gasteiger partial charge in [-0.05, 0) is 60.4 Å². The number of benzene rings is 3. The quantitative estimate of drug-likeness (QED) is 0.149. The lowest BCUT2D eigenvalue weighted by molar-refractivity contribution is -0.137. The third-order valence-corrected chi connectivity index (χ3v) is 4.74. The molecule has 3 rings (SSSR count). The van der Waals surface area contributed by atoms with E-state index in [1.807, 2.05) is 48.5 Å². The van der Waals surface area contributed by atoms with Crippen molar-refractivity contribution in [3.63, 3.8) is 0 Å². The Morgan fingerprint density at radius 3 is 1.38 bits per heavy atom. The van der Waals surface area contributed by atoms with E-state index in [-0.39, 0.29) is 18.1 Å². The molecule has 0 unspecified atom stereocenters. The molecule has 0 fully saturated rings. The third kappa shape index (κ3) is 6.53. The summed E-state index contributed by atoms with van der Waals surface area (Å²) >= 11 is 0. The van der Waals surface area contributed by atoms with Crippen LogP contribution in [0.2, 0.25) is 0 Å². The molecule has 0 amide bonds. The standard InChI is InChI=1S/C28H25NO5/c1-18(2)27(30)32-17-26(29)33-24-13-9-22(10-14-24)20-5-7-21(8-6-20)23-11-15-25(16-12-23)34-28(31)19(3)4/h5-16,29H,1,3,17H2,2,4H3. The lowest BCUT2D eigenvalue weighted by Gasteiger charge is -2.09. The highest BCUT2D eigenvalue weighted by atomic mass is 16.6. The minimum atomic E-state index is -0.561. The summed E-state index contributed by atoms with van der Waals surface area (Å²) in [6, 6.07) is 22.6. The van der Waals surface area contributed by atoms with Crippen LogP contribution in [0.15, 0.2) is 97.1 Å². The van der Waals surface area contributed by atoms with E-state index < -0.39 is 11.9 Å². The van der Waals surface area contributed by atoms with Crippen molar-refractivity contribution in [2.45, 2.75) is 13.8 Å². The lowest BCUT2D eigenvalue weighted by Crippen LogP contribution is -2.18. The van der Waals surface area contributed by atoms with E-state index in [9.17, 15) is 9.59 Å². The summed E-state index contributed by atoms with van der Waals surface area (Å²) in [7, 11) is 0. The Bertz CT molecular complexity index is 1220. The molecular weight excluding hydrogens is 430 g/mol. The van der Waals surface area contributed by atoms with Gasteiger partial charge in [0.1, 0.15) is 11.5 Å². The molecule has 0 aliphatic carbocycles. The summed E-state index contributed by atoms with van der Waals surface area (Å²) < 4.78 is 15.5. The van der Waals surface area contributed by atoms with Gasteiger partial charge in [-0.1, -0.05) is 61.7 Å². The maximum Gasteiger partial charge on any atom is 0.338 e. The van der Waals surface area contributed by atoms with Crippen molar-refractivity contribution in [3.8, 4) is 33.8 Å². The minimum absolute atomic E-state index is 0.174. The average molecular weight is 456 g/mol. The van der Waals surface area contributed by atoms with Crippen LogP contribution in [0.25, 0.3) is 22.3 Å². The first-order chi connectivity index (χ1) is 16.2. The number of hydrogen-bond acceptors (Lipinski definition) is 6. The van der Waals surface area contributed by atoms with Gasteiger partial charge in [-0.25, -0.2) is 9.59 Å². The molecule has 6 nitrogen and oxygen atoms in total. The van der Waals surface area contributed by atoms with E-state index in [1.54, 1.807) is 31.2 Å². The number of rotatable bonds is 8. The zero-order valence-electron chi connectivity index (χ0n) is 19.1. The van der Waals surface area contributed by atoms with Crippen molar-refractivity contribution < 1.29 is 23.8 Å². The summed E-state index contributed by atoms with van der Waals surface area (Å²) in [6.45, 7) is 9.95. The summed E-state index contributed by atoms with van der Waals surface area (Å²) in [5, 5.41) is 7.79. The third-order valence-electron chi connectivity index (χ3n) is 4.74. The summed E-state index contributed by atoms with van der Waals surface area (Å²) in [5.41, 5.74) is 4.65. The second kappa shape index (κ2) is 10.9. The van der Waals surface area contributed by atoms with Crippen LogP contribution < -0.4 is 9.47 Å². The summed E-state index contributed by atoms with van der Waals surface area (Å²) in [4.78, 5) is 23.0. The van der Waals surface area contributed by atoms with Gasteiger partial charge >= 0.3 is 11.9 Å². The monoisotopic (exact) mass is 455 g/mol. The molecule has 0 aliphatic heterocycles. The van der Waals surface area contributed by atoms with Gasteiger partial charge in [-0.15, -0.1) is 0 Å². The van der Waals surface area contributed by atoms with Crippen molar-refractivity contribution in [2.75, 3.05) is 6.61 Å². The molecule has 3 aromatic rings. The zero-order valence-corrected chi connectivity index (χ0v) is 19.1. The molecule has 0 atom stereocenters. The molecule has 172 valence electrons. The number of hydrogen-bond donors (Lipinski definition) is 1. The molecule has 34 heavy (non-hydrogen) atoms. The molecule has 0 saturated carbocycles. The van der Waals surface area contributed by atoms with Crippen LogP contribution in [0.4, 0.5) is 0 Å². The van der Waals surface area contributed by atoms with Gasteiger partial charge in [0.05, 0.1) is 0 Å². The van der Waals surface area contributed by atoms with Gasteiger partial charge < -0.3 is 14.2 Å². The highest BCUT2D eigenvalue weighted by Crippen LogP contribution is 2.27. The number of esters is 2. The van der Waals surface area contributed by atoms with Crippen LogP contribution >= 0.6 is 0 Å². The Labute approximate surface area is 198 Å². The second-order valence-corrected chi connectivity index (χ2v) is 7.68. The SMILES string of the molecule is C=C(C)C(=O)OCC(=N)Oc1ccc(-c2ccc(-c3ccc(OC(=O)C(=C)C)cc3)cc2)cc1. The highest BCUT2D eigenvalue weighted by Gasteiger charge is 2.08. The molecule has 0 bridgehead atoms. The average Bonchev–Trinajstić information content (AvgIpc) is 2.83. The minimum Gasteiger partial charge on any atom is -0.452 e. The first-order valence-corrected chi connectivity index (χ1v) is 10.5. The van der Waals surface area contributed by atoms with Crippen molar-refractivity contribution in [1.29, 1.82) is 5.41 Å². The van der Waals surface area contributed by atoms with Crippen LogP contribution in [0.3, 0.4) is 0 Å². The molecule has 0 heterocycles. The van der Waals surface area contributed by atoms with E-state index in [0.717, 1.165) is 22.3 Å². The summed E-state index contributed by atoms with van der Waals surface area (Å²) in [6.07, 6.45) is 0. The largest absolute Gasteiger partial charge is 0.452 e. The van der Waals surface area contributed by atoms with E-state index >= 15 is 0 Å². The van der Waals surface area contributed by atoms with Gasteiger partial charge in [0.15, 0.2) is 6.61 Å². The van der Waals surface area contributed by atoms with Crippen LogP contribution in [0, 0.1) is 5.41 Å². The molecule has 0 spiro atoms. The number of carbonyl (C=O) groups is 2. The number of carbonyl (C=O) groups excluding carboxylic acids is 2. The van der Waals surface area contributed by atoms with Gasteiger partial charge in [-0.3, -0.25) is 5.41 Å². The van der Waals surface area contributed by atoms with Crippen molar-refractivity contribution in [3.05, 3.63) is 97.1 Å². The lowest BCUT2D eigenvalue weighted by atomic mass is 10.0. The Hall–Kier alpha value is -4.45. The van der Waals surface area contributed by atoms with Gasteiger partial charge in [0.2, 0.25) is 5.90 Å². The Morgan fingerprint density at radius 1 is 0.647 bits per heavy atom. The molecule has 0 radical (unpaired) electrons. The second-order valence-electron chi connectivity index (χ2n) is 7.68. The van der Waals surface area contributed by atoms with Crippen LogP contribution in [-0.2, 0) is 14.3 Å². The smallest absolute Gasteiger partial charge is 0.338 e. The fourth-order valence-corrected chi connectivity index (χ4v) is 2.91. The van der Waals surface area contributed by atoms with Crippen LogP contribution in [0.1, 0.15) is 13.8 Å². The van der Waals surface area contributed by atoms with Crippen molar-refractivity contribution in [1.82, 2.24) is 0 Å². The van der Waals surface area contributed by atoms with Gasteiger partial charge in [0, 0.05) is 11.1 Å². The highest BCUT2D eigenvalue weighted by molar-refractivity contribution is 5.89. The van der Waals surface area contributed by atoms with Gasteiger partial charge in [-0.2, -0.15) is 0 Å². The van der Waals surface area contributed by atoms with E-state index in [2.05, 4.69) is 13.2 Å². The van der Waals surface area contributed by atoms with E-state index in [4.69, 9.17) is 19.6 Å². The first-order valence-electron chi connectivity index (χ1n) is 10.5. The van der Waals surface area contributed by atoms with E-state index in [1.165, 1.54) is 6.92 Å². The Kier molecular flexibility index (Phi) is 7.77. The molecular formula is C28H25NO5. The molecule has 6 heteroatoms. The number of ether oxygens (including phenoxy) is 3. The first kappa shape index (κ1) is 24.2. The molecule has 1 N–H and O–H groups in total. The van der Waals surface area contributed by atoms with Crippen LogP contribution in [0.5, 0.6) is 11.5 Å². The van der Waals surface area contributed by atoms with Crippen LogP contribution in [-0.4, -0.2) is 24.4 Å². The fraction of sp³-hybridized carbons (Fsp3) is 0.107. The predicted octanol–water partition coefficient (Wildman–Crippen LogP) is 5.98. The maximum atomic E-state index is 11.6. The predicted molar refractivity (Wildman–Crippen MR) is 132 cm³/mol. The van der Waals surface area contributed by atoms with Gasteiger partial charge in [0.25, 0.3) is 0 Å². The fourth-order valence-electron chi connectivity index (χ4n) is 2.91. The Morgan fingerprint density at radius 2 is 1.00 bits per heavy atom. The Balaban J connectivity index is 1.61. The van der Waals surface area contributed by atoms with E-state index in [0.29, 0.717) is 17.1 Å². The maximum absolute atomic E-state index is 11.6. The zero-order chi connectivity index (χ0) is 24.7. The molecule has 0 aliphatic rings. The molecule has 3 aromatic carbocycles. The molecule has 0 aromatic heterocycles. The van der Waals surface area contributed by atoms with Crippen molar-refractivity contribution >= 4 is 17.8 Å². The topological polar surface area (TPSA) is 85.7 Å². The van der Waals surface area contributed by atoms with Crippen molar-refractivity contribution in [2.24, 2.45) is 0 Å². The molecule has 0 saturated heterocycles. The summed E-state index contributed by atoms with van der Waals surface area (Å²) in [5.74, 6) is -0.236.